The maximum atomic E-state index is 5.92. The van der Waals surface area contributed by atoms with Gasteiger partial charge in [0.15, 0.2) is 5.58 Å². The molecule has 0 saturated heterocycles. The summed E-state index contributed by atoms with van der Waals surface area (Å²) in [7, 11) is 0. The van der Waals surface area contributed by atoms with Gasteiger partial charge in [-0.05, 0) is 48.0 Å². The highest BCUT2D eigenvalue weighted by Gasteiger charge is 2.08. The van der Waals surface area contributed by atoms with Crippen molar-refractivity contribution in [3.05, 3.63) is 83.4 Å². The van der Waals surface area contributed by atoms with E-state index in [9.17, 15) is 0 Å². The Hall–Kier alpha value is -2.78. The first-order valence-electron chi connectivity index (χ1n) is 7.72. The van der Waals surface area contributed by atoms with E-state index in [1.165, 1.54) is 5.56 Å². The Bertz CT molecular complexity index is 962. The van der Waals surface area contributed by atoms with Gasteiger partial charge in [0.2, 0.25) is 5.89 Å². The maximum absolute atomic E-state index is 5.92. The van der Waals surface area contributed by atoms with Crippen LogP contribution in [0, 0.1) is 0 Å². The Morgan fingerprint density at radius 1 is 0.917 bits per heavy atom. The SMILES string of the molecule is Clc1ccc(-c2nc3cc(NCc4ccccc4)ccc3o2)cc1. The summed E-state index contributed by atoms with van der Waals surface area (Å²) in [6.07, 6.45) is 0. The van der Waals surface area contributed by atoms with Crippen molar-refractivity contribution in [1.29, 1.82) is 0 Å². The largest absolute Gasteiger partial charge is 0.436 e. The molecule has 0 aliphatic carbocycles. The molecule has 1 N–H and O–H groups in total. The molecule has 0 atom stereocenters. The average molecular weight is 335 g/mol. The molecule has 3 aromatic carbocycles. The van der Waals surface area contributed by atoms with Gasteiger partial charge < -0.3 is 9.73 Å². The van der Waals surface area contributed by atoms with Crippen LogP contribution in [0.15, 0.2) is 77.2 Å². The number of rotatable bonds is 4. The normalized spacial score (nSPS) is 10.9. The van der Waals surface area contributed by atoms with Gasteiger partial charge >= 0.3 is 0 Å². The molecule has 0 amide bonds. The Morgan fingerprint density at radius 3 is 2.50 bits per heavy atom. The molecular weight excluding hydrogens is 320 g/mol. The molecule has 0 fully saturated rings. The highest BCUT2D eigenvalue weighted by molar-refractivity contribution is 6.30. The number of aromatic nitrogens is 1. The molecule has 0 radical (unpaired) electrons. The highest BCUT2D eigenvalue weighted by atomic mass is 35.5. The van der Waals surface area contributed by atoms with Gasteiger partial charge in [-0.15, -0.1) is 0 Å². The van der Waals surface area contributed by atoms with Crippen LogP contribution in [0.2, 0.25) is 5.02 Å². The van der Waals surface area contributed by atoms with Crippen molar-refractivity contribution in [2.45, 2.75) is 6.54 Å². The third-order valence-electron chi connectivity index (χ3n) is 3.82. The smallest absolute Gasteiger partial charge is 0.227 e. The quantitative estimate of drug-likeness (QED) is 0.515. The molecule has 0 aliphatic heterocycles. The highest BCUT2D eigenvalue weighted by Crippen LogP contribution is 2.27. The van der Waals surface area contributed by atoms with Gasteiger partial charge in [-0.3, -0.25) is 0 Å². The average Bonchev–Trinajstić information content (AvgIpc) is 3.05. The fourth-order valence-electron chi connectivity index (χ4n) is 2.55. The van der Waals surface area contributed by atoms with E-state index < -0.39 is 0 Å². The van der Waals surface area contributed by atoms with Crippen molar-refractivity contribution in [3.63, 3.8) is 0 Å². The second-order valence-corrected chi connectivity index (χ2v) is 5.98. The number of anilines is 1. The fourth-order valence-corrected chi connectivity index (χ4v) is 2.68. The maximum Gasteiger partial charge on any atom is 0.227 e. The lowest BCUT2D eigenvalue weighted by Gasteiger charge is -2.05. The van der Waals surface area contributed by atoms with E-state index >= 15 is 0 Å². The molecule has 1 aromatic heterocycles. The number of halogens is 1. The van der Waals surface area contributed by atoms with Crippen molar-refractivity contribution < 1.29 is 4.42 Å². The van der Waals surface area contributed by atoms with Crippen molar-refractivity contribution in [1.82, 2.24) is 4.98 Å². The van der Waals surface area contributed by atoms with Crippen LogP contribution < -0.4 is 5.32 Å². The van der Waals surface area contributed by atoms with Crippen molar-refractivity contribution >= 4 is 28.4 Å². The minimum atomic E-state index is 0.599. The first-order chi connectivity index (χ1) is 11.8. The Morgan fingerprint density at radius 2 is 1.71 bits per heavy atom. The molecule has 4 aromatic rings. The van der Waals surface area contributed by atoms with Gasteiger partial charge in [0, 0.05) is 22.8 Å². The Labute approximate surface area is 144 Å². The lowest BCUT2D eigenvalue weighted by Crippen LogP contribution is -1.98. The van der Waals surface area contributed by atoms with E-state index in [1.54, 1.807) is 0 Å². The second-order valence-electron chi connectivity index (χ2n) is 5.55. The van der Waals surface area contributed by atoms with Gasteiger partial charge in [-0.1, -0.05) is 41.9 Å². The molecule has 4 heteroatoms. The van der Waals surface area contributed by atoms with Gasteiger partial charge in [-0.2, -0.15) is 0 Å². The number of hydrogen-bond donors (Lipinski definition) is 1. The summed E-state index contributed by atoms with van der Waals surface area (Å²) in [6, 6.07) is 23.7. The van der Waals surface area contributed by atoms with E-state index in [4.69, 9.17) is 16.0 Å². The molecule has 3 nitrogen and oxygen atoms in total. The fraction of sp³-hybridized carbons (Fsp3) is 0.0500. The number of oxazole rings is 1. The van der Waals surface area contributed by atoms with Gasteiger partial charge in [0.05, 0.1) is 0 Å². The topological polar surface area (TPSA) is 38.1 Å². The van der Waals surface area contributed by atoms with E-state index in [-0.39, 0.29) is 0 Å². The number of fused-ring (bicyclic) bond motifs is 1. The Kier molecular flexibility index (Phi) is 3.93. The molecule has 0 saturated carbocycles. The van der Waals surface area contributed by atoms with Crippen LogP contribution in [0.1, 0.15) is 5.56 Å². The molecule has 0 unspecified atom stereocenters. The zero-order valence-electron chi connectivity index (χ0n) is 12.9. The summed E-state index contributed by atoms with van der Waals surface area (Å²) in [5.74, 6) is 0.599. The van der Waals surface area contributed by atoms with E-state index in [2.05, 4.69) is 22.4 Å². The zero-order chi connectivity index (χ0) is 16.4. The molecule has 1 heterocycles. The predicted molar refractivity (Wildman–Crippen MR) is 98.2 cm³/mol. The Balaban J connectivity index is 1.58. The molecular formula is C20H15ClN2O. The third-order valence-corrected chi connectivity index (χ3v) is 4.07. The van der Waals surface area contributed by atoms with Crippen LogP contribution in [-0.2, 0) is 6.54 Å². The first-order valence-corrected chi connectivity index (χ1v) is 8.10. The van der Waals surface area contributed by atoms with Gasteiger partial charge in [-0.25, -0.2) is 4.98 Å². The van der Waals surface area contributed by atoms with Crippen molar-refractivity contribution in [3.8, 4) is 11.5 Å². The van der Waals surface area contributed by atoms with Crippen LogP contribution in [0.5, 0.6) is 0 Å². The summed E-state index contributed by atoms with van der Waals surface area (Å²) < 4.78 is 5.83. The summed E-state index contributed by atoms with van der Waals surface area (Å²) in [4.78, 5) is 4.58. The summed E-state index contributed by atoms with van der Waals surface area (Å²) in [5, 5.41) is 4.11. The predicted octanol–water partition coefficient (Wildman–Crippen LogP) is 5.76. The minimum absolute atomic E-state index is 0.599. The van der Waals surface area contributed by atoms with Crippen molar-refractivity contribution in [2.75, 3.05) is 5.32 Å². The summed E-state index contributed by atoms with van der Waals surface area (Å²) >= 11 is 5.92. The second kappa shape index (κ2) is 6.38. The number of benzene rings is 3. The standard InChI is InChI=1S/C20H15ClN2O/c21-16-8-6-15(7-9-16)20-23-18-12-17(10-11-19(18)24-20)22-13-14-4-2-1-3-5-14/h1-12,22H,13H2. The van der Waals surface area contributed by atoms with Crippen LogP contribution in [-0.4, -0.2) is 4.98 Å². The first kappa shape index (κ1) is 14.8. The molecule has 4 rings (SSSR count). The summed E-state index contributed by atoms with van der Waals surface area (Å²) in [5.41, 5.74) is 4.76. The lowest BCUT2D eigenvalue weighted by atomic mass is 10.2. The lowest BCUT2D eigenvalue weighted by molar-refractivity contribution is 0.620. The van der Waals surface area contributed by atoms with Crippen LogP contribution in [0.25, 0.3) is 22.6 Å². The minimum Gasteiger partial charge on any atom is -0.436 e. The van der Waals surface area contributed by atoms with Gasteiger partial charge in [0.1, 0.15) is 5.52 Å². The van der Waals surface area contributed by atoms with E-state index in [0.717, 1.165) is 28.9 Å². The van der Waals surface area contributed by atoms with Crippen LogP contribution >= 0.6 is 11.6 Å². The van der Waals surface area contributed by atoms with E-state index in [1.807, 2.05) is 60.7 Å². The molecule has 0 bridgehead atoms. The van der Waals surface area contributed by atoms with Gasteiger partial charge in [0.25, 0.3) is 0 Å². The number of hydrogen-bond acceptors (Lipinski definition) is 3. The monoisotopic (exact) mass is 334 g/mol. The third kappa shape index (κ3) is 3.12. The van der Waals surface area contributed by atoms with Crippen molar-refractivity contribution in [2.24, 2.45) is 0 Å². The van der Waals surface area contributed by atoms with Crippen LogP contribution in [0.4, 0.5) is 5.69 Å². The molecule has 0 aliphatic rings. The molecule has 0 spiro atoms. The molecule has 118 valence electrons. The zero-order valence-corrected chi connectivity index (χ0v) is 13.6. The summed E-state index contributed by atoms with van der Waals surface area (Å²) in [6.45, 7) is 0.772. The number of nitrogens with zero attached hydrogens (tertiary/aromatic N) is 1. The van der Waals surface area contributed by atoms with E-state index in [0.29, 0.717) is 10.9 Å². The van der Waals surface area contributed by atoms with Crippen LogP contribution in [0.3, 0.4) is 0 Å². The molecule has 24 heavy (non-hydrogen) atoms. The number of nitrogens with one attached hydrogen (secondary N) is 1.